The van der Waals surface area contributed by atoms with Crippen molar-refractivity contribution in [2.75, 3.05) is 18.9 Å². The van der Waals surface area contributed by atoms with Crippen LogP contribution in [-0.2, 0) is 11.3 Å². The minimum Gasteiger partial charge on any atom is -0.396 e. The molecule has 0 saturated carbocycles. The number of nitrogen functional groups attached to an aromatic ring is 1. The molecule has 0 saturated heterocycles. The lowest BCUT2D eigenvalue weighted by Crippen LogP contribution is -2.23. The second-order valence-corrected chi connectivity index (χ2v) is 4.40. The van der Waals surface area contributed by atoms with Gasteiger partial charge in [-0.05, 0) is 17.7 Å². The lowest BCUT2D eigenvalue weighted by molar-refractivity contribution is 0.0197. The summed E-state index contributed by atoms with van der Waals surface area (Å²) >= 11 is 0. The molecule has 1 aromatic rings. The molecule has 0 bridgehead atoms. The summed E-state index contributed by atoms with van der Waals surface area (Å²) in [6.45, 7) is 5.04. The van der Waals surface area contributed by atoms with Gasteiger partial charge in [0, 0.05) is 11.6 Å². The molecule has 0 radical (unpaired) electrons. The first-order valence-corrected chi connectivity index (χ1v) is 4.92. The van der Waals surface area contributed by atoms with Gasteiger partial charge in [-0.3, -0.25) is 0 Å². The number of nitrogens with two attached hydrogens (primary N) is 1. The van der Waals surface area contributed by atoms with Crippen molar-refractivity contribution in [1.82, 2.24) is 4.98 Å². The predicted octanol–water partition coefficient (Wildman–Crippen LogP) is 1.20. The summed E-state index contributed by atoms with van der Waals surface area (Å²) in [5.74, 6) is 0.498. The third-order valence-electron chi connectivity index (χ3n) is 2.04. The molecule has 0 unspecified atom stereocenters. The molecule has 0 aliphatic rings. The summed E-state index contributed by atoms with van der Waals surface area (Å²) < 4.78 is 5.49. The van der Waals surface area contributed by atoms with Crippen molar-refractivity contribution in [3.63, 3.8) is 0 Å². The van der Waals surface area contributed by atoms with Gasteiger partial charge in [-0.15, -0.1) is 0 Å². The maximum absolute atomic E-state index is 9.03. The molecule has 0 aliphatic carbocycles. The van der Waals surface area contributed by atoms with E-state index in [0.717, 1.165) is 5.56 Å². The highest BCUT2D eigenvalue weighted by atomic mass is 16.5. The average Bonchev–Trinajstić information content (AvgIpc) is 2.18. The number of rotatable bonds is 5. The minimum atomic E-state index is -0.196. The Labute approximate surface area is 90.1 Å². The van der Waals surface area contributed by atoms with Crippen LogP contribution in [0.1, 0.15) is 19.4 Å². The average molecular weight is 210 g/mol. The van der Waals surface area contributed by atoms with E-state index in [0.29, 0.717) is 19.0 Å². The standard InChI is InChI=1S/C11H18N2O2/c1-11(2,7-14)8-15-6-9-3-4-13-10(12)5-9/h3-5,14H,6-8H2,1-2H3,(H2,12,13). The first-order valence-electron chi connectivity index (χ1n) is 4.92. The number of nitrogens with zero attached hydrogens (tertiary/aromatic N) is 1. The summed E-state index contributed by atoms with van der Waals surface area (Å²) in [4.78, 5) is 3.90. The molecule has 1 heterocycles. The molecule has 1 aromatic heterocycles. The molecule has 3 N–H and O–H groups in total. The molecular formula is C11H18N2O2. The monoisotopic (exact) mass is 210 g/mol. The van der Waals surface area contributed by atoms with Gasteiger partial charge in [0.25, 0.3) is 0 Å². The Bertz CT molecular complexity index is 313. The summed E-state index contributed by atoms with van der Waals surface area (Å²) in [6.07, 6.45) is 1.66. The summed E-state index contributed by atoms with van der Waals surface area (Å²) in [5, 5.41) is 9.03. The lowest BCUT2D eigenvalue weighted by atomic mass is 9.97. The van der Waals surface area contributed by atoms with Gasteiger partial charge in [0.1, 0.15) is 5.82 Å². The van der Waals surface area contributed by atoms with Crippen LogP contribution in [0.5, 0.6) is 0 Å². The molecule has 0 aromatic carbocycles. The lowest BCUT2D eigenvalue weighted by Gasteiger charge is -2.21. The molecule has 0 aliphatic heterocycles. The van der Waals surface area contributed by atoms with Gasteiger partial charge in [-0.1, -0.05) is 13.8 Å². The Hall–Kier alpha value is -1.13. The number of hydrogen-bond donors (Lipinski definition) is 2. The molecular weight excluding hydrogens is 192 g/mol. The highest BCUT2D eigenvalue weighted by molar-refractivity contribution is 5.31. The van der Waals surface area contributed by atoms with Gasteiger partial charge in [0.15, 0.2) is 0 Å². The van der Waals surface area contributed by atoms with Gasteiger partial charge >= 0.3 is 0 Å². The number of anilines is 1. The van der Waals surface area contributed by atoms with Crippen LogP contribution >= 0.6 is 0 Å². The zero-order valence-corrected chi connectivity index (χ0v) is 9.23. The third kappa shape index (κ3) is 4.27. The Morgan fingerprint density at radius 2 is 2.27 bits per heavy atom. The van der Waals surface area contributed by atoms with E-state index in [1.807, 2.05) is 19.9 Å². The van der Waals surface area contributed by atoms with E-state index in [-0.39, 0.29) is 12.0 Å². The van der Waals surface area contributed by atoms with Crippen molar-refractivity contribution in [3.8, 4) is 0 Å². The number of hydrogen-bond acceptors (Lipinski definition) is 4. The Morgan fingerprint density at radius 1 is 1.53 bits per heavy atom. The fraction of sp³-hybridized carbons (Fsp3) is 0.545. The molecule has 4 heteroatoms. The third-order valence-corrected chi connectivity index (χ3v) is 2.04. The summed E-state index contributed by atoms with van der Waals surface area (Å²) in [6, 6.07) is 3.65. The first kappa shape index (κ1) is 11.9. The van der Waals surface area contributed by atoms with Crippen molar-refractivity contribution < 1.29 is 9.84 Å². The van der Waals surface area contributed by atoms with E-state index in [1.165, 1.54) is 0 Å². The van der Waals surface area contributed by atoms with E-state index in [1.54, 1.807) is 12.3 Å². The van der Waals surface area contributed by atoms with E-state index >= 15 is 0 Å². The van der Waals surface area contributed by atoms with Gasteiger partial charge in [-0.2, -0.15) is 0 Å². The predicted molar refractivity (Wildman–Crippen MR) is 59.2 cm³/mol. The quantitative estimate of drug-likeness (QED) is 0.766. The van der Waals surface area contributed by atoms with Crippen LogP contribution in [0.15, 0.2) is 18.3 Å². The van der Waals surface area contributed by atoms with Crippen LogP contribution in [0.4, 0.5) is 5.82 Å². The molecule has 84 valence electrons. The summed E-state index contributed by atoms with van der Waals surface area (Å²) in [7, 11) is 0. The Morgan fingerprint density at radius 3 is 2.87 bits per heavy atom. The Balaban J connectivity index is 2.38. The normalized spacial score (nSPS) is 11.7. The SMILES string of the molecule is CC(C)(CO)COCc1ccnc(N)c1. The van der Waals surface area contributed by atoms with Gasteiger partial charge in [-0.25, -0.2) is 4.98 Å². The van der Waals surface area contributed by atoms with E-state index < -0.39 is 0 Å². The number of aromatic nitrogens is 1. The van der Waals surface area contributed by atoms with Crippen molar-refractivity contribution in [2.24, 2.45) is 5.41 Å². The molecule has 4 nitrogen and oxygen atoms in total. The molecule has 15 heavy (non-hydrogen) atoms. The van der Waals surface area contributed by atoms with Crippen molar-refractivity contribution in [3.05, 3.63) is 23.9 Å². The van der Waals surface area contributed by atoms with Gasteiger partial charge in [0.2, 0.25) is 0 Å². The largest absolute Gasteiger partial charge is 0.396 e. The highest BCUT2D eigenvalue weighted by Gasteiger charge is 2.16. The zero-order chi connectivity index (χ0) is 11.3. The second kappa shape index (κ2) is 5.09. The zero-order valence-electron chi connectivity index (χ0n) is 9.23. The first-order chi connectivity index (χ1) is 7.03. The fourth-order valence-electron chi connectivity index (χ4n) is 1.07. The van der Waals surface area contributed by atoms with Gasteiger partial charge < -0.3 is 15.6 Å². The summed E-state index contributed by atoms with van der Waals surface area (Å²) in [5.41, 5.74) is 6.34. The second-order valence-electron chi connectivity index (χ2n) is 4.40. The minimum absolute atomic E-state index is 0.117. The van der Waals surface area contributed by atoms with Crippen molar-refractivity contribution in [1.29, 1.82) is 0 Å². The maximum Gasteiger partial charge on any atom is 0.123 e. The van der Waals surface area contributed by atoms with Crippen LogP contribution in [-0.4, -0.2) is 23.3 Å². The topological polar surface area (TPSA) is 68.4 Å². The van der Waals surface area contributed by atoms with E-state index in [9.17, 15) is 0 Å². The molecule has 0 spiro atoms. The van der Waals surface area contributed by atoms with Crippen molar-refractivity contribution >= 4 is 5.82 Å². The number of aliphatic hydroxyl groups excluding tert-OH is 1. The van der Waals surface area contributed by atoms with Crippen molar-refractivity contribution in [2.45, 2.75) is 20.5 Å². The van der Waals surface area contributed by atoms with Crippen LogP contribution in [0.25, 0.3) is 0 Å². The number of aliphatic hydroxyl groups is 1. The van der Waals surface area contributed by atoms with Crippen LogP contribution in [0, 0.1) is 5.41 Å². The van der Waals surface area contributed by atoms with E-state index in [4.69, 9.17) is 15.6 Å². The molecule has 0 atom stereocenters. The molecule has 0 amide bonds. The smallest absolute Gasteiger partial charge is 0.123 e. The molecule has 1 rings (SSSR count). The fourth-order valence-corrected chi connectivity index (χ4v) is 1.07. The maximum atomic E-state index is 9.03. The van der Waals surface area contributed by atoms with Crippen LogP contribution < -0.4 is 5.73 Å². The number of ether oxygens (including phenoxy) is 1. The van der Waals surface area contributed by atoms with E-state index in [2.05, 4.69) is 4.98 Å². The van der Waals surface area contributed by atoms with Crippen LogP contribution in [0.3, 0.4) is 0 Å². The molecule has 0 fully saturated rings. The Kier molecular flexibility index (Phi) is 4.05. The van der Waals surface area contributed by atoms with Crippen LogP contribution in [0.2, 0.25) is 0 Å². The highest BCUT2D eigenvalue weighted by Crippen LogP contribution is 2.15. The number of pyridine rings is 1. The van der Waals surface area contributed by atoms with Gasteiger partial charge in [0.05, 0.1) is 19.8 Å².